The van der Waals surface area contributed by atoms with Gasteiger partial charge in [-0.1, -0.05) is 19.8 Å². The molecule has 8 heteroatoms. The number of aromatic nitrogens is 1. The molecule has 0 spiro atoms. The summed E-state index contributed by atoms with van der Waals surface area (Å²) in [6.07, 6.45) is 5.71. The molecule has 1 fully saturated rings. The maximum Gasteiger partial charge on any atom is 0.339 e. The van der Waals surface area contributed by atoms with E-state index >= 15 is 0 Å². The third kappa shape index (κ3) is 4.25. The smallest absolute Gasteiger partial charge is 0.339 e. The highest BCUT2D eigenvalue weighted by atomic mass is 16.6. The Balaban J connectivity index is 2.23. The van der Waals surface area contributed by atoms with Gasteiger partial charge in [0.15, 0.2) is 0 Å². The zero-order valence-corrected chi connectivity index (χ0v) is 15.2. The second-order valence-corrected chi connectivity index (χ2v) is 7.01. The Morgan fingerprint density at radius 2 is 2.28 bits per heavy atom. The SMILES string of the molecule is COC(=O)c1cnc(NCC2(N(C)C)CCCC(C)C2)c([N+](=O)[O-])c1. The minimum atomic E-state index is -0.645. The van der Waals surface area contributed by atoms with Crippen molar-refractivity contribution in [2.24, 2.45) is 5.92 Å². The normalized spacial score (nSPS) is 23.3. The third-order valence-electron chi connectivity index (χ3n) is 5.09. The highest BCUT2D eigenvalue weighted by Crippen LogP contribution is 2.36. The minimum Gasteiger partial charge on any atom is -0.465 e. The van der Waals surface area contributed by atoms with Crippen molar-refractivity contribution in [2.45, 2.75) is 38.1 Å². The summed E-state index contributed by atoms with van der Waals surface area (Å²) in [5.41, 5.74) is -0.220. The van der Waals surface area contributed by atoms with Gasteiger partial charge in [0.25, 0.3) is 0 Å². The fourth-order valence-electron chi connectivity index (χ4n) is 3.56. The fourth-order valence-corrected chi connectivity index (χ4v) is 3.56. The molecule has 1 aromatic heterocycles. The molecule has 0 aromatic carbocycles. The predicted molar refractivity (Wildman–Crippen MR) is 94.8 cm³/mol. The molecule has 0 bridgehead atoms. The highest BCUT2D eigenvalue weighted by molar-refractivity contribution is 5.90. The summed E-state index contributed by atoms with van der Waals surface area (Å²) in [4.78, 5) is 28.7. The quantitative estimate of drug-likeness (QED) is 0.478. The van der Waals surface area contributed by atoms with Gasteiger partial charge in [-0.05, 0) is 32.9 Å². The summed E-state index contributed by atoms with van der Waals surface area (Å²) in [5.74, 6) is 0.146. The lowest BCUT2D eigenvalue weighted by molar-refractivity contribution is -0.384. The Bertz CT molecular complexity index is 650. The Hall–Kier alpha value is -2.22. The van der Waals surface area contributed by atoms with Crippen molar-refractivity contribution < 1.29 is 14.5 Å². The average Bonchev–Trinajstić information content (AvgIpc) is 2.58. The Labute approximate surface area is 147 Å². The first-order chi connectivity index (χ1) is 11.8. The molecule has 2 atom stereocenters. The Kier molecular flexibility index (Phi) is 5.94. The molecule has 1 heterocycles. The average molecular weight is 350 g/mol. The first-order valence-corrected chi connectivity index (χ1v) is 8.43. The van der Waals surface area contributed by atoms with Gasteiger partial charge in [0.2, 0.25) is 5.82 Å². The maximum absolute atomic E-state index is 11.6. The van der Waals surface area contributed by atoms with Gasteiger partial charge in [0.1, 0.15) is 0 Å². The van der Waals surface area contributed by atoms with Crippen LogP contribution in [0.4, 0.5) is 11.5 Å². The molecule has 0 saturated heterocycles. The Morgan fingerprint density at radius 1 is 1.56 bits per heavy atom. The van der Waals surface area contributed by atoms with Crippen LogP contribution >= 0.6 is 0 Å². The van der Waals surface area contributed by atoms with Crippen LogP contribution in [0.15, 0.2) is 12.3 Å². The van der Waals surface area contributed by atoms with Gasteiger partial charge >= 0.3 is 11.7 Å². The van der Waals surface area contributed by atoms with E-state index in [1.807, 2.05) is 14.1 Å². The molecule has 2 rings (SSSR count). The molecule has 25 heavy (non-hydrogen) atoms. The molecule has 1 aliphatic carbocycles. The Morgan fingerprint density at radius 3 is 2.84 bits per heavy atom. The second-order valence-electron chi connectivity index (χ2n) is 7.01. The van der Waals surface area contributed by atoms with Crippen LogP contribution in [0.5, 0.6) is 0 Å². The summed E-state index contributed by atoms with van der Waals surface area (Å²) in [6, 6.07) is 1.20. The number of nitrogens with zero attached hydrogens (tertiary/aromatic N) is 3. The molecule has 1 N–H and O–H groups in total. The van der Waals surface area contributed by atoms with Crippen molar-refractivity contribution >= 4 is 17.5 Å². The molecule has 2 unspecified atom stereocenters. The largest absolute Gasteiger partial charge is 0.465 e. The number of likely N-dealkylation sites (N-methyl/N-ethyl adjacent to an activating group) is 1. The van der Waals surface area contributed by atoms with Crippen molar-refractivity contribution in [1.82, 2.24) is 9.88 Å². The first-order valence-electron chi connectivity index (χ1n) is 8.43. The van der Waals surface area contributed by atoms with Gasteiger partial charge in [-0.25, -0.2) is 9.78 Å². The molecular weight excluding hydrogens is 324 g/mol. The van der Waals surface area contributed by atoms with E-state index in [0.29, 0.717) is 12.5 Å². The zero-order chi connectivity index (χ0) is 18.6. The summed E-state index contributed by atoms with van der Waals surface area (Å²) >= 11 is 0. The lowest BCUT2D eigenvalue weighted by Gasteiger charge is -2.45. The summed E-state index contributed by atoms with van der Waals surface area (Å²) in [5, 5.41) is 14.5. The second kappa shape index (κ2) is 7.77. The molecule has 8 nitrogen and oxygen atoms in total. The van der Waals surface area contributed by atoms with E-state index < -0.39 is 10.9 Å². The third-order valence-corrected chi connectivity index (χ3v) is 5.09. The highest BCUT2D eigenvalue weighted by Gasteiger charge is 2.37. The monoisotopic (exact) mass is 350 g/mol. The van der Waals surface area contributed by atoms with Gasteiger partial charge in [0.05, 0.1) is 17.6 Å². The van der Waals surface area contributed by atoms with E-state index in [0.717, 1.165) is 19.3 Å². The number of anilines is 1. The number of carbonyl (C=O) groups excluding carboxylic acids is 1. The summed E-state index contributed by atoms with van der Waals surface area (Å²) in [7, 11) is 5.31. The van der Waals surface area contributed by atoms with E-state index in [-0.39, 0.29) is 22.6 Å². The van der Waals surface area contributed by atoms with Crippen molar-refractivity contribution in [1.29, 1.82) is 0 Å². The number of methoxy groups -OCH3 is 1. The standard InChI is InChI=1S/C17H26N4O4/c1-12-6-5-7-17(9-12,20(2)3)11-19-15-14(21(23)24)8-13(10-18-15)16(22)25-4/h8,10,12H,5-7,9,11H2,1-4H3,(H,18,19). The van der Waals surface area contributed by atoms with E-state index in [4.69, 9.17) is 0 Å². The molecule has 0 radical (unpaired) electrons. The maximum atomic E-state index is 11.6. The molecule has 1 aromatic rings. The topological polar surface area (TPSA) is 97.6 Å². The number of pyridine rings is 1. The minimum absolute atomic E-state index is 0.0613. The van der Waals surface area contributed by atoms with Gasteiger partial charge < -0.3 is 15.0 Å². The van der Waals surface area contributed by atoms with E-state index in [1.54, 1.807) is 0 Å². The number of carbonyl (C=O) groups is 1. The van der Waals surface area contributed by atoms with Crippen LogP contribution in [0.1, 0.15) is 43.0 Å². The van der Waals surface area contributed by atoms with Gasteiger partial charge in [-0.15, -0.1) is 0 Å². The zero-order valence-electron chi connectivity index (χ0n) is 15.2. The van der Waals surface area contributed by atoms with Crippen LogP contribution in [-0.4, -0.2) is 54.1 Å². The fraction of sp³-hybridized carbons (Fsp3) is 0.647. The number of nitro groups is 1. The van der Waals surface area contributed by atoms with Crippen LogP contribution in [0, 0.1) is 16.0 Å². The lowest BCUT2D eigenvalue weighted by Crippen LogP contribution is -2.52. The number of ether oxygens (including phenoxy) is 1. The number of rotatable bonds is 6. The first kappa shape index (κ1) is 19.1. The van der Waals surface area contributed by atoms with Crippen LogP contribution < -0.4 is 5.32 Å². The van der Waals surface area contributed by atoms with Gasteiger partial charge in [-0.3, -0.25) is 10.1 Å². The van der Waals surface area contributed by atoms with Gasteiger partial charge in [0, 0.05) is 24.3 Å². The van der Waals surface area contributed by atoms with Crippen molar-refractivity contribution in [2.75, 3.05) is 33.1 Å². The van der Waals surface area contributed by atoms with E-state index in [9.17, 15) is 14.9 Å². The summed E-state index contributed by atoms with van der Waals surface area (Å²) in [6.45, 7) is 2.80. The van der Waals surface area contributed by atoms with E-state index in [2.05, 4.69) is 26.9 Å². The number of esters is 1. The van der Waals surface area contributed by atoms with Crippen LogP contribution in [0.25, 0.3) is 0 Å². The molecule has 1 saturated carbocycles. The molecule has 0 aliphatic heterocycles. The van der Waals surface area contributed by atoms with Crippen molar-refractivity contribution in [3.05, 3.63) is 27.9 Å². The van der Waals surface area contributed by atoms with Crippen molar-refractivity contribution in [3.8, 4) is 0 Å². The number of hydrogen-bond donors (Lipinski definition) is 1. The molecule has 138 valence electrons. The summed E-state index contributed by atoms with van der Waals surface area (Å²) < 4.78 is 4.60. The molecule has 1 aliphatic rings. The molecular formula is C17H26N4O4. The van der Waals surface area contributed by atoms with E-state index in [1.165, 1.54) is 25.8 Å². The van der Waals surface area contributed by atoms with Crippen LogP contribution in [0.3, 0.4) is 0 Å². The van der Waals surface area contributed by atoms with Crippen molar-refractivity contribution in [3.63, 3.8) is 0 Å². The number of hydrogen-bond acceptors (Lipinski definition) is 7. The lowest BCUT2D eigenvalue weighted by atomic mass is 9.75. The number of nitrogens with one attached hydrogen (secondary N) is 1. The van der Waals surface area contributed by atoms with Gasteiger partial charge in [-0.2, -0.15) is 0 Å². The predicted octanol–water partition coefficient (Wildman–Crippen LogP) is 2.70. The van der Waals surface area contributed by atoms with Crippen LogP contribution in [-0.2, 0) is 4.74 Å². The molecule has 0 amide bonds. The van der Waals surface area contributed by atoms with Crippen LogP contribution in [0.2, 0.25) is 0 Å².